The molecule has 2 rings (SSSR count). The minimum Gasteiger partial charge on any atom is -0.375 e. The van der Waals surface area contributed by atoms with Gasteiger partial charge in [0.1, 0.15) is 0 Å². The fourth-order valence-electron chi connectivity index (χ4n) is 2.02. The maximum absolute atomic E-state index is 13.8. The Morgan fingerprint density at radius 3 is 2.82 bits per heavy atom. The molecular formula is C12H16F2N2O. The molecule has 3 nitrogen and oxygen atoms in total. The molecule has 0 radical (unpaired) electrons. The van der Waals surface area contributed by atoms with Gasteiger partial charge in [0.05, 0.1) is 18.4 Å². The van der Waals surface area contributed by atoms with Gasteiger partial charge in [0.25, 0.3) is 0 Å². The second-order valence-electron chi connectivity index (χ2n) is 4.20. The number of benzene rings is 1. The van der Waals surface area contributed by atoms with Crippen LogP contribution in [0.25, 0.3) is 0 Å². The molecule has 94 valence electrons. The number of anilines is 1. The topological polar surface area (TPSA) is 38.5 Å². The molecule has 1 fully saturated rings. The number of nitrogens with two attached hydrogens (primary N) is 1. The molecule has 0 spiro atoms. The van der Waals surface area contributed by atoms with E-state index in [1.165, 1.54) is 6.07 Å². The Labute approximate surface area is 99.2 Å². The summed E-state index contributed by atoms with van der Waals surface area (Å²) in [5, 5.41) is 0. The van der Waals surface area contributed by atoms with Crippen molar-refractivity contribution in [2.24, 2.45) is 5.73 Å². The van der Waals surface area contributed by atoms with Gasteiger partial charge in [-0.25, -0.2) is 8.78 Å². The quantitative estimate of drug-likeness (QED) is 0.857. The van der Waals surface area contributed by atoms with Crippen LogP contribution in [0.5, 0.6) is 0 Å². The molecule has 0 bridgehead atoms. The number of morpholine rings is 1. The molecule has 1 heterocycles. The van der Waals surface area contributed by atoms with Crippen LogP contribution in [0.2, 0.25) is 0 Å². The Balaban J connectivity index is 2.29. The van der Waals surface area contributed by atoms with E-state index in [4.69, 9.17) is 10.5 Å². The molecule has 1 aromatic rings. The smallest absolute Gasteiger partial charge is 0.182 e. The lowest BCUT2D eigenvalue weighted by Gasteiger charge is -2.33. The lowest BCUT2D eigenvalue weighted by Crippen LogP contribution is -2.41. The van der Waals surface area contributed by atoms with E-state index >= 15 is 0 Å². The minimum absolute atomic E-state index is 0.00253. The van der Waals surface area contributed by atoms with E-state index < -0.39 is 11.6 Å². The molecule has 5 heteroatoms. The summed E-state index contributed by atoms with van der Waals surface area (Å²) >= 11 is 0. The van der Waals surface area contributed by atoms with E-state index in [9.17, 15) is 8.78 Å². The normalized spacial score (nSPS) is 20.7. The van der Waals surface area contributed by atoms with Gasteiger partial charge in [0, 0.05) is 25.2 Å². The third kappa shape index (κ3) is 2.40. The van der Waals surface area contributed by atoms with E-state index in [-0.39, 0.29) is 23.9 Å². The third-order valence-electron chi connectivity index (χ3n) is 2.94. The Morgan fingerprint density at radius 2 is 2.18 bits per heavy atom. The molecule has 0 aromatic heterocycles. The van der Waals surface area contributed by atoms with Crippen LogP contribution in [-0.2, 0) is 11.3 Å². The predicted octanol–water partition coefficient (Wildman–Crippen LogP) is 1.65. The second-order valence-corrected chi connectivity index (χ2v) is 4.20. The fraction of sp³-hybridized carbons (Fsp3) is 0.500. The van der Waals surface area contributed by atoms with Gasteiger partial charge in [-0.2, -0.15) is 0 Å². The maximum atomic E-state index is 13.8. The Bertz CT molecular complexity index is 412. The summed E-state index contributed by atoms with van der Waals surface area (Å²) in [5.74, 6) is -1.66. The fourth-order valence-corrected chi connectivity index (χ4v) is 2.02. The molecular weight excluding hydrogens is 226 g/mol. The number of halogens is 2. The summed E-state index contributed by atoms with van der Waals surface area (Å²) in [7, 11) is 0. The largest absolute Gasteiger partial charge is 0.375 e. The van der Waals surface area contributed by atoms with Crippen LogP contribution in [0.15, 0.2) is 12.1 Å². The van der Waals surface area contributed by atoms with Crippen molar-refractivity contribution in [2.45, 2.75) is 19.6 Å². The first-order valence-corrected chi connectivity index (χ1v) is 5.67. The van der Waals surface area contributed by atoms with Crippen molar-refractivity contribution in [3.8, 4) is 0 Å². The average Bonchev–Trinajstić information content (AvgIpc) is 2.32. The van der Waals surface area contributed by atoms with Gasteiger partial charge < -0.3 is 15.4 Å². The zero-order valence-corrected chi connectivity index (χ0v) is 9.75. The Hall–Kier alpha value is -1.20. The number of rotatable bonds is 2. The van der Waals surface area contributed by atoms with Gasteiger partial charge in [-0.3, -0.25) is 0 Å². The van der Waals surface area contributed by atoms with E-state index in [0.29, 0.717) is 19.7 Å². The summed E-state index contributed by atoms with van der Waals surface area (Å²) in [6.07, 6.45) is 0.0281. The van der Waals surface area contributed by atoms with Gasteiger partial charge in [-0.15, -0.1) is 0 Å². The average molecular weight is 242 g/mol. The highest BCUT2D eigenvalue weighted by molar-refractivity contribution is 5.50. The Morgan fingerprint density at radius 1 is 1.41 bits per heavy atom. The lowest BCUT2D eigenvalue weighted by molar-refractivity contribution is 0.0529. The van der Waals surface area contributed by atoms with E-state index in [1.807, 2.05) is 6.92 Å². The molecule has 17 heavy (non-hydrogen) atoms. The highest BCUT2D eigenvalue weighted by Crippen LogP contribution is 2.25. The summed E-state index contributed by atoms with van der Waals surface area (Å²) in [4.78, 5) is 1.80. The number of hydrogen-bond acceptors (Lipinski definition) is 3. The first kappa shape index (κ1) is 12.3. The first-order chi connectivity index (χ1) is 8.13. The molecule has 1 aromatic carbocycles. The standard InChI is InChI=1S/C12H16F2N2O/c1-8-7-16(4-5-17-8)10-3-2-9(6-15)11(13)12(10)14/h2-3,8H,4-7,15H2,1H3. The Kier molecular flexibility index (Phi) is 3.59. The molecule has 0 aliphatic carbocycles. The summed E-state index contributed by atoms with van der Waals surface area (Å²) in [6, 6.07) is 3.12. The molecule has 1 atom stereocenters. The lowest BCUT2D eigenvalue weighted by atomic mass is 10.1. The van der Waals surface area contributed by atoms with E-state index in [1.54, 1.807) is 11.0 Å². The number of hydrogen-bond donors (Lipinski definition) is 1. The number of ether oxygens (including phenoxy) is 1. The maximum Gasteiger partial charge on any atom is 0.182 e. The van der Waals surface area contributed by atoms with Gasteiger partial charge in [0.15, 0.2) is 11.6 Å². The molecule has 0 amide bonds. The molecule has 0 saturated carbocycles. The van der Waals surface area contributed by atoms with Crippen LogP contribution in [0.1, 0.15) is 12.5 Å². The van der Waals surface area contributed by atoms with Crippen molar-refractivity contribution in [3.63, 3.8) is 0 Å². The van der Waals surface area contributed by atoms with Gasteiger partial charge in [0.2, 0.25) is 0 Å². The van der Waals surface area contributed by atoms with Crippen LogP contribution in [-0.4, -0.2) is 25.8 Å². The van der Waals surface area contributed by atoms with Crippen molar-refractivity contribution in [3.05, 3.63) is 29.3 Å². The van der Waals surface area contributed by atoms with Crippen LogP contribution in [0.4, 0.5) is 14.5 Å². The third-order valence-corrected chi connectivity index (χ3v) is 2.94. The molecule has 1 saturated heterocycles. The predicted molar refractivity (Wildman–Crippen MR) is 61.9 cm³/mol. The highest BCUT2D eigenvalue weighted by atomic mass is 19.2. The van der Waals surface area contributed by atoms with E-state index in [0.717, 1.165) is 0 Å². The SMILES string of the molecule is CC1CN(c2ccc(CN)c(F)c2F)CCO1. The second kappa shape index (κ2) is 4.98. The molecule has 1 unspecified atom stereocenters. The summed E-state index contributed by atoms with van der Waals surface area (Å²) in [5.41, 5.74) is 5.82. The van der Waals surface area contributed by atoms with Crippen molar-refractivity contribution in [1.82, 2.24) is 0 Å². The van der Waals surface area contributed by atoms with Crippen molar-refractivity contribution >= 4 is 5.69 Å². The van der Waals surface area contributed by atoms with Crippen molar-refractivity contribution in [2.75, 3.05) is 24.6 Å². The van der Waals surface area contributed by atoms with Crippen molar-refractivity contribution < 1.29 is 13.5 Å². The zero-order valence-electron chi connectivity index (χ0n) is 9.75. The number of nitrogens with zero attached hydrogens (tertiary/aromatic N) is 1. The summed E-state index contributed by atoms with van der Waals surface area (Å²) < 4.78 is 32.8. The van der Waals surface area contributed by atoms with Crippen molar-refractivity contribution in [1.29, 1.82) is 0 Å². The van der Waals surface area contributed by atoms with Gasteiger partial charge in [-0.1, -0.05) is 6.07 Å². The van der Waals surface area contributed by atoms with Crippen LogP contribution in [0.3, 0.4) is 0 Å². The molecule has 1 aliphatic rings. The minimum atomic E-state index is -0.843. The van der Waals surface area contributed by atoms with Crippen LogP contribution < -0.4 is 10.6 Å². The monoisotopic (exact) mass is 242 g/mol. The first-order valence-electron chi connectivity index (χ1n) is 5.67. The van der Waals surface area contributed by atoms with Crippen LogP contribution in [0, 0.1) is 11.6 Å². The van der Waals surface area contributed by atoms with Gasteiger partial charge >= 0.3 is 0 Å². The zero-order chi connectivity index (χ0) is 12.4. The van der Waals surface area contributed by atoms with Gasteiger partial charge in [-0.05, 0) is 13.0 Å². The molecule has 2 N–H and O–H groups in total. The summed E-state index contributed by atoms with van der Waals surface area (Å²) in [6.45, 7) is 3.58. The molecule has 1 aliphatic heterocycles. The highest BCUT2D eigenvalue weighted by Gasteiger charge is 2.22. The van der Waals surface area contributed by atoms with Crippen LogP contribution >= 0.6 is 0 Å². The van der Waals surface area contributed by atoms with E-state index in [2.05, 4.69) is 0 Å².